The van der Waals surface area contributed by atoms with Gasteiger partial charge in [0.15, 0.2) is 0 Å². The molecule has 3 aromatic rings. The van der Waals surface area contributed by atoms with Crippen molar-refractivity contribution in [2.45, 2.75) is 18.0 Å². The number of rotatable bonds is 7. The number of nitrogens with zero attached hydrogens (tertiary/aromatic N) is 2. The van der Waals surface area contributed by atoms with Crippen LogP contribution in [0.15, 0.2) is 71.6 Å². The van der Waals surface area contributed by atoms with Gasteiger partial charge in [0.05, 0.1) is 26.8 Å². The summed E-state index contributed by atoms with van der Waals surface area (Å²) < 4.78 is 80.9. The molecular weight excluding hydrogens is 494 g/mol. The van der Waals surface area contributed by atoms with Crippen molar-refractivity contribution in [1.82, 2.24) is 0 Å². The van der Waals surface area contributed by atoms with Gasteiger partial charge in [-0.2, -0.15) is 13.2 Å². The zero-order valence-corrected chi connectivity index (χ0v) is 18.7. The van der Waals surface area contributed by atoms with Crippen molar-refractivity contribution < 1.29 is 35.7 Å². The molecule has 0 aromatic heterocycles. The van der Waals surface area contributed by atoms with Gasteiger partial charge in [0, 0.05) is 11.6 Å². The summed E-state index contributed by atoms with van der Waals surface area (Å²) >= 11 is 0. The van der Waals surface area contributed by atoms with Gasteiger partial charge >= 0.3 is 6.18 Å². The van der Waals surface area contributed by atoms with Gasteiger partial charge in [-0.3, -0.25) is 19.2 Å². The molecule has 35 heavy (non-hydrogen) atoms. The molecular formula is C22H17F4N3O5S. The first kappa shape index (κ1) is 25.6. The molecule has 0 unspecified atom stereocenters. The first-order chi connectivity index (χ1) is 16.3. The van der Waals surface area contributed by atoms with E-state index in [1.54, 1.807) is 0 Å². The van der Waals surface area contributed by atoms with E-state index in [0.29, 0.717) is 16.4 Å². The Bertz CT molecular complexity index is 1390. The Morgan fingerprint density at radius 2 is 1.74 bits per heavy atom. The number of alkyl halides is 3. The van der Waals surface area contributed by atoms with Crippen LogP contribution in [0.4, 0.5) is 34.6 Å². The largest absolute Gasteiger partial charge is 0.416 e. The highest BCUT2D eigenvalue weighted by atomic mass is 32.2. The standard InChI is InChI=1S/C22H17F4N3O5S/c1-14-9-10-17(12-20(14)29(31)32)35(33,34)28(16-6-4-5-15(11-16)22(24,25)26)13-21(30)27-19-8-3-2-7-18(19)23/h2-12H,13H2,1H3,(H,27,30). The molecule has 0 aliphatic carbocycles. The van der Waals surface area contributed by atoms with Gasteiger partial charge in [0.1, 0.15) is 12.4 Å². The van der Waals surface area contributed by atoms with Gasteiger partial charge in [-0.25, -0.2) is 12.8 Å². The fourth-order valence-electron chi connectivity index (χ4n) is 3.11. The number of sulfonamides is 1. The molecule has 0 spiro atoms. The predicted octanol–water partition coefficient (Wildman–Crippen LogP) is 4.90. The predicted molar refractivity (Wildman–Crippen MR) is 119 cm³/mol. The van der Waals surface area contributed by atoms with Gasteiger partial charge in [-0.05, 0) is 43.3 Å². The number of nitrogens with one attached hydrogen (secondary N) is 1. The lowest BCUT2D eigenvalue weighted by atomic mass is 10.2. The van der Waals surface area contributed by atoms with Crippen LogP contribution in [0.5, 0.6) is 0 Å². The van der Waals surface area contributed by atoms with Crippen LogP contribution in [0.2, 0.25) is 0 Å². The Morgan fingerprint density at radius 3 is 2.37 bits per heavy atom. The second kappa shape index (κ2) is 9.70. The zero-order chi connectivity index (χ0) is 26.0. The minimum Gasteiger partial charge on any atom is -0.322 e. The SMILES string of the molecule is Cc1ccc(S(=O)(=O)N(CC(=O)Nc2ccccc2F)c2cccc(C(F)(F)F)c2)cc1[N+](=O)[O-]. The third-order valence-electron chi connectivity index (χ3n) is 4.86. The molecule has 0 saturated carbocycles. The number of nitro groups is 1. The van der Waals surface area contributed by atoms with Gasteiger partial charge < -0.3 is 5.32 Å². The smallest absolute Gasteiger partial charge is 0.322 e. The Hall–Kier alpha value is -4.00. The van der Waals surface area contributed by atoms with Crippen molar-refractivity contribution in [2.75, 3.05) is 16.2 Å². The molecule has 0 saturated heterocycles. The van der Waals surface area contributed by atoms with E-state index in [1.165, 1.54) is 25.1 Å². The molecule has 0 atom stereocenters. The first-order valence-corrected chi connectivity index (χ1v) is 11.2. The molecule has 0 bridgehead atoms. The molecule has 0 aliphatic rings. The lowest BCUT2D eigenvalue weighted by Gasteiger charge is -2.25. The molecule has 1 N–H and O–H groups in total. The summed E-state index contributed by atoms with van der Waals surface area (Å²) in [5.74, 6) is -1.87. The van der Waals surface area contributed by atoms with E-state index in [2.05, 4.69) is 5.32 Å². The third-order valence-corrected chi connectivity index (χ3v) is 6.63. The minimum absolute atomic E-state index is 0.150. The molecule has 3 aromatic carbocycles. The third kappa shape index (κ3) is 5.74. The van der Waals surface area contributed by atoms with Crippen LogP contribution in [-0.4, -0.2) is 25.8 Å². The quantitative estimate of drug-likeness (QED) is 0.276. The number of hydrogen-bond acceptors (Lipinski definition) is 5. The fourth-order valence-corrected chi connectivity index (χ4v) is 4.54. The van der Waals surface area contributed by atoms with Crippen LogP contribution in [0.25, 0.3) is 0 Å². The molecule has 0 heterocycles. The topological polar surface area (TPSA) is 110 Å². The molecule has 0 fully saturated rings. The molecule has 3 rings (SSSR count). The summed E-state index contributed by atoms with van der Waals surface area (Å²) in [6, 6.07) is 11.2. The van der Waals surface area contributed by atoms with Gasteiger partial charge in [0.2, 0.25) is 5.91 Å². The second-order valence-electron chi connectivity index (χ2n) is 7.29. The average molecular weight is 511 g/mol. The van der Waals surface area contributed by atoms with Crippen molar-refractivity contribution in [1.29, 1.82) is 0 Å². The number of hydrogen-bond donors (Lipinski definition) is 1. The maximum Gasteiger partial charge on any atom is 0.416 e. The van der Waals surface area contributed by atoms with Crippen LogP contribution in [0.1, 0.15) is 11.1 Å². The summed E-state index contributed by atoms with van der Waals surface area (Å²) in [6.45, 7) is 0.334. The van der Waals surface area contributed by atoms with E-state index in [-0.39, 0.29) is 11.3 Å². The number of anilines is 2. The van der Waals surface area contributed by atoms with Gasteiger partial charge in [-0.1, -0.05) is 24.3 Å². The van der Waals surface area contributed by atoms with Crippen LogP contribution in [-0.2, 0) is 21.0 Å². The Morgan fingerprint density at radius 1 is 1.06 bits per heavy atom. The lowest BCUT2D eigenvalue weighted by Crippen LogP contribution is -2.38. The maximum atomic E-state index is 13.9. The van der Waals surface area contributed by atoms with Crippen molar-refractivity contribution >= 4 is 33.0 Å². The fraction of sp³-hybridized carbons (Fsp3) is 0.136. The summed E-state index contributed by atoms with van der Waals surface area (Å²) in [6.07, 6.45) is -4.82. The lowest BCUT2D eigenvalue weighted by molar-refractivity contribution is -0.385. The number of benzene rings is 3. The molecule has 0 aliphatic heterocycles. The maximum absolute atomic E-state index is 13.9. The Labute approximate surface area is 197 Å². The highest BCUT2D eigenvalue weighted by Gasteiger charge is 2.34. The minimum atomic E-state index is -4.82. The number of amides is 1. The van der Waals surface area contributed by atoms with E-state index < -0.39 is 61.2 Å². The summed E-state index contributed by atoms with van der Waals surface area (Å²) in [7, 11) is -4.78. The van der Waals surface area contributed by atoms with Crippen molar-refractivity contribution in [2.24, 2.45) is 0 Å². The van der Waals surface area contributed by atoms with E-state index in [4.69, 9.17) is 0 Å². The normalized spacial score (nSPS) is 11.7. The highest BCUT2D eigenvalue weighted by Crippen LogP contribution is 2.34. The number of carbonyl (C=O) groups excluding carboxylic acids is 1. The van der Waals surface area contributed by atoms with Gasteiger partial charge in [-0.15, -0.1) is 0 Å². The monoisotopic (exact) mass is 511 g/mol. The zero-order valence-electron chi connectivity index (χ0n) is 17.9. The van der Waals surface area contributed by atoms with E-state index in [9.17, 15) is 40.9 Å². The van der Waals surface area contributed by atoms with Crippen LogP contribution in [0.3, 0.4) is 0 Å². The Kier molecular flexibility index (Phi) is 7.10. The highest BCUT2D eigenvalue weighted by molar-refractivity contribution is 7.92. The summed E-state index contributed by atoms with van der Waals surface area (Å²) in [5, 5.41) is 13.4. The molecule has 1 amide bonds. The molecule has 184 valence electrons. The van der Waals surface area contributed by atoms with Crippen molar-refractivity contribution in [3.63, 3.8) is 0 Å². The summed E-state index contributed by atoms with van der Waals surface area (Å²) in [4.78, 5) is 22.5. The first-order valence-electron chi connectivity index (χ1n) is 9.80. The molecule has 8 nitrogen and oxygen atoms in total. The number of aryl methyl sites for hydroxylation is 1. The van der Waals surface area contributed by atoms with Crippen LogP contribution in [0, 0.1) is 22.9 Å². The van der Waals surface area contributed by atoms with Crippen LogP contribution >= 0.6 is 0 Å². The number of para-hydroxylation sites is 1. The average Bonchev–Trinajstić information content (AvgIpc) is 2.78. The second-order valence-corrected chi connectivity index (χ2v) is 9.16. The number of halogens is 4. The Balaban J connectivity index is 2.09. The van der Waals surface area contributed by atoms with Crippen molar-refractivity contribution in [3.05, 3.63) is 93.8 Å². The number of carbonyl (C=O) groups is 1. The van der Waals surface area contributed by atoms with Crippen LogP contribution < -0.4 is 9.62 Å². The van der Waals surface area contributed by atoms with Gasteiger partial charge in [0.25, 0.3) is 15.7 Å². The van der Waals surface area contributed by atoms with E-state index >= 15 is 0 Å². The van der Waals surface area contributed by atoms with Crippen molar-refractivity contribution in [3.8, 4) is 0 Å². The molecule has 13 heteroatoms. The summed E-state index contributed by atoms with van der Waals surface area (Å²) in [5.41, 5.74) is -2.36. The number of nitro benzene ring substituents is 1. The molecule has 0 radical (unpaired) electrons. The van der Waals surface area contributed by atoms with E-state index in [1.807, 2.05) is 0 Å². The van der Waals surface area contributed by atoms with E-state index in [0.717, 1.165) is 36.4 Å².